The minimum absolute atomic E-state index is 0.0797. The van der Waals surface area contributed by atoms with Crippen molar-refractivity contribution < 1.29 is 43.9 Å². The zero-order valence-corrected chi connectivity index (χ0v) is 21.7. The number of benzene rings is 2. The van der Waals surface area contributed by atoms with E-state index >= 15 is 0 Å². The van der Waals surface area contributed by atoms with Gasteiger partial charge in [0, 0.05) is 46.0 Å². The SMILES string of the molecule is COC(=O)C[C@H](c1ccc(OC)cc1OC)c1c(O)c(C(C)=O)cc([C@@H]2OCc3cnc(C)c(O)c32)c1O. The molecule has 0 amide bonds. The summed E-state index contributed by atoms with van der Waals surface area (Å²) >= 11 is 0. The summed E-state index contributed by atoms with van der Waals surface area (Å²) in [4.78, 5) is 29.3. The number of ketones is 1. The lowest BCUT2D eigenvalue weighted by Crippen LogP contribution is -2.14. The average molecular weight is 524 g/mol. The van der Waals surface area contributed by atoms with Crippen molar-refractivity contribution in [1.29, 1.82) is 0 Å². The maximum absolute atomic E-state index is 12.6. The Balaban J connectivity index is 2.01. The predicted octanol–water partition coefficient (Wildman–Crippen LogP) is 4.04. The number of Topliss-reactive ketones (excluding diaryl/α,β-unsaturated/α-hetero) is 1. The van der Waals surface area contributed by atoms with Crippen LogP contribution in [0, 0.1) is 6.92 Å². The number of phenolic OH excluding ortho intramolecular Hbond substituents is 2. The van der Waals surface area contributed by atoms with Gasteiger partial charge < -0.3 is 34.3 Å². The smallest absolute Gasteiger partial charge is 0.306 e. The Morgan fingerprint density at radius 1 is 1.08 bits per heavy atom. The lowest BCUT2D eigenvalue weighted by molar-refractivity contribution is -0.140. The number of ether oxygens (including phenoxy) is 4. The number of esters is 1. The van der Waals surface area contributed by atoms with Gasteiger partial charge in [0.2, 0.25) is 0 Å². The van der Waals surface area contributed by atoms with Crippen LogP contribution in [0.4, 0.5) is 0 Å². The van der Waals surface area contributed by atoms with Gasteiger partial charge in [-0.25, -0.2) is 0 Å². The molecule has 4 rings (SSSR count). The molecule has 2 aromatic carbocycles. The zero-order chi connectivity index (χ0) is 27.7. The second-order valence-electron chi connectivity index (χ2n) is 8.94. The number of carbonyl (C=O) groups is 2. The second kappa shape index (κ2) is 10.6. The number of hydrogen-bond donors (Lipinski definition) is 3. The van der Waals surface area contributed by atoms with Gasteiger partial charge in [0.25, 0.3) is 0 Å². The fraction of sp³-hybridized carbons (Fsp3) is 0.321. The Hall–Kier alpha value is -4.31. The summed E-state index contributed by atoms with van der Waals surface area (Å²) in [6.45, 7) is 3.03. The molecule has 2 heterocycles. The fourth-order valence-corrected chi connectivity index (χ4v) is 4.79. The molecule has 1 aromatic heterocycles. The first kappa shape index (κ1) is 26.7. The van der Waals surface area contributed by atoms with E-state index in [1.165, 1.54) is 34.3 Å². The van der Waals surface area contributed by atoms with Gasteiger partial charge in [-0.05, 0) is 26.0 Å². The minimum Gasteiger partial charge on any atom is -0.507 e. The van der Waals surface area contributed by atoms with Gasteiger partial charge in [-0.15, -0.1) is 0 Å². The number of carbonyl (C=O) groups excluding carboxylic acids is 2. The molecule has 10 nitrogen and oxygen atoms in total. The molecular formula is C28H29NO9. The van der Waals surface area contributed by atoms with E-state index in [1.54, 1.807) is 31.3 Å². The number of aryl methyl sites for hydroxylation is 1. The molecule has 0 bridgehead atoms. The average Bonchev–Trinajstić information content (AvgIpc) is 3.34. The quantitative estimate of drug-likeness (QED) is 0.292. The van der Waals surface area contributed by atoms with Crippen LogP contribution in [-0.4, -0.2) is 53.4 Å². The maximum atomic E-state index is 12.6. The van der Waals surface area contributed by atoms with Crippen LogP contribution in [-0.2, 0) is 20.9 Å². The lowest BCUT2D eigenvalue weighted by atomic mass is 9.82. The van der Waals surface area contributed by atoms with Crippen molar-refractivity contribution in [3.05, 3.63) is 69.5 Å². The van der Waals surface area contributed by atoms with Gasteiger partial charge in [-0.2, -0.15) is 0 Å². The molecule has 0 radical (unpaired) electrons. The third kappa shape index (κ3) is 4.58. The van der Waals surface area contributed by atoms with Gasteiger partial charge in [-0.1, -0.05) is 6.07 Å². The van der Waals surface area contributed by atoms with E-state index < -0.39 is 35.3 Å². The van der Waals surface area contributed by atoms with E-state index in [1.807, 2.05) is 0 Å². The third-order valence-electron chi connectivity index (χ3n) is 6.79. The molecule has 200 valence electrons. The highest BCUT2D eigenvalue weighted by Crippen LogP contribution is 2.51. The molecule has 1 aliphatic heterocycles. The highest BCUT2D eigenvalue weighted by atomic mass is 16.5. The first-order valence-electron chi connectivity index (χ1n) is 11.8. The molecule has 0 saturated heterocycles. The molecule has 3 aromatic rings. The molecule has 0 unspecified atom stereocenters. The number of pyridine rings is 1. The number of phenols is 2. The van der Waals surface area contributed by atoms with Crippen molar-refractivity contribution in [3.8, 4) is 28.7 Å². The lowest BCUT2D eigenvalue weighted by Gasteiger charge is -2.25. The topological polar surface area (TPSA) is 145 Å². The van der Waals surface area contributed by atoms with Crippen LogP contribution in [0.3, 0.4) is 0 Å². The summed E-state index contributed by atoms with van der Waals surface area (Å²) in [6, 6.07) is 6.24. The highest BCUT2D eigenvalue weighted by Gasteiger charge is 2.37. The molecule has 0 fully saturated rings. The molecule has 0 saturated carbocycles. The minimum atomic E-state index is -0.991. The van der Waals surface area contributed by atoms with Crippen molar-refractivity contribution in [2.45, 2.75) is 38.9 Å². The van der Waals surface area contributed by atoms with Gasteiger partial charge >= 0.3 is 5.97 Å². The van der Waals surface area contributed by atoms with Gasteiger partial charge in [-0.3, -0.25) is 14.6 Å². The Morgan fingerprint density at radius 3 is 2.45 bits per heavy atom. The molecule has 1 aliphatic rings. The third-order valence-corrected chi connectivity index (χ3v) is 6.79. The van der Waals surface area contributed by atoms with E-state index in [0.717, 1.165) is 0 Å². The van der Waals surface area contributed by atoms with E-state index in [4.69, 9.17) is 18.9 Å². The monoisotopic (exact) mass is 523 g/mol. The van der Waals surface area contributed by atoms with Crippen LogP contribution in [0.15, 0.2) is 30.5 Å². The first-order chi connectivity index (χ1) is 18.1. The summed E-state index contributed by atoms with van der Waals surface area (Å²) in [6.07, 6.45) is 0.328. The van der Waals surface area contributed by atoms with E-state index in [9.17, 15) is 24.9 Å². The molecule has 3 N–H and O–H groups in total. The van der Waals surface area contributed by atoms with E-state index in [0.29, 0.717) is 33.9 Å². The summed E-state index contributed by atoms with van der Waals surface area (Å²) < 4.78 is 21.7. The Kier molecular flexibility index (Phi) is 7.45. The molecule has 0 spiro atoms. The van der Waals surface area contributed by atoms with Gasteiger partial charge in [0.1, 0.15) is 34.9 Å². The van der Waals surface area contributed by atoms with Gasteiger partial charge in [0.15, 0.2) is 5.78 Å². The van der Waals surface area contributed by atoms with Crippen molar-refractivity contribution in [2.75, 3.05) is 21.3 Å². The molecular weight excluding hydrogens is 494 g/mol. The number of hydrogen-bond acceptors (Lipinski definition) is 10. The maximum Gasteiger partial charge on any atom is 0.306 e. The van der Waals surface area contributed by atoms with Crippen LogP contribution in [0.5, 0.6) is 28.7 Å². The molecule has 2 atom stereocenters. The number of rotatable bonds is 8. The van der Waals surface area contributed by atoms with Gasteiger partial charge in [0.05, 0.1) is 45.6 Å². The second-order valence-corrected chi connectivity index (χ2v) is 8.94. The van der Waals surface area contributed by atoms with Crippen LogP contribution < -0.4 is 9.47 Å². The number of fused-ring (bicyclic) bond motifs is 1. The molecule has 10 heteroatoms. The predicted molar refractivity (Wildman–Crippen MR) is 135 cm³/mol. The van der Waals surface area contributed by atoms with Crippen LogP contribution >= 0.6 is 0 Å². The zero-order valence-electron chi connectivity index (χ0n) is 21.7. The number of methoxy groups -OCH3 is 3. The molecule has 0 aliphatic carbocycles. The van der Waals surface area contributed by atoms with Crippen LogP contribution in [0.1, 0.15) is 69.2 Å². The standard InChI is InChI=1S/C28H29NO9/c1-13-25(32)23-15(11-29-13)12-38-28(23)20-9-18(14(2)30)26(33)24(27(20)34)19(10-22(31)37-5)17-7-6-16(35-3)8-21(17)36-4/h6-9,11,19,28,32-34H,10,12H2,1-5H3/t19-,28+/m1/s1. The van der Waals surface area contributed by atoms with Crippen molar-refractivity contribution in [3.63, 3.8) is 0 Å². The van der Waals surface area contributed by atoms with Crippen molar-refractivity contribution in [2.24, 2.45) is 0 Å². The molecule has 38 heavy (non-hydrogen) atoms. The summed E-state index contributed by atoms with van der Waals surface area (Å²) in [5, 5.41) is 33.7. The summed E-state index contributed by atoms with van der Waals surface area (Å²) in [5.74, 6) is -2.25. The highest BCUT2D eigenvalue weighted by molar-refractivity contribution is 5.98. The normalized spacial score (nSPS) is 15.0. The number of aromatic nitrogens is 1. The van der Waals surface area contributed by atoms with Crippen LogP contribution in [0.2, 0.25) is 0 Å². The van der Waals surface area contributed by atoms with E-state index in [2.05, 4.69) is 4.98 Å². The van der Waals surface area contributed by atoms with Crippen molar-refractivity contribution in [1.82, 2.24) is 4.98 Å². The summed E-state index contributed by atoms with van der Waals surface area (Å²) in [5.41, 5.74) is 1.82. The Labute approximate surface area is 219 Å². The Bertz CT molecular complexity index is 1420. The Morgan fingerprint density at radius 2 is 1.82 bits per heavy atom. The fourth-order valence-electron chi connectivity index (χ4n) is 4.79. The van der Waals surface area contributed by atoms with Crippen LogP contribution in [0.25, 0.3) is 0 Å². The number of nitrogens with zero attached hydrogens (tertiary/aromatic N) is 1. The largest absolute Gasteiger partial charge is 0.507 e. The first-order valence-corrected chi connectivity index (χ1v) is 11.8. The van der Waals surface area contributed by atoms with E-state index in [-0.39, 0.29) is 35.5 Å². The van der Waals surface area contributed by atoms with Crippen molar-refractivity contribution >= 4 is 11.8 Å². The summed E-state index contributed by atoms with van der Waals surface area (Å²) in [7, 11) is 4.16. The number of aromatic hydroxyl groups is 3.